The fourth-order valence-corrected chi connectivity index (χ4v) is 6.41. The summed E-state index contributed by atoms with van der Waals surface area (Å²) in [6.45, 7) is 4.36. The Hall–Kier alpha value is -0.930. The van der Waals surface area contributed by atoms with Gasteiger partial charge in [0.05, 0.1) is 11.3 Å². The summed E-state index contributed by atoms with van der Waals surface area (Å²) < 4.78 is 28.4. The van der Waals surface area contributed by atoms with Gasteiger partial charge < -0.3 is 4.79 Å². The van der Waals surface area contributed by atoms with E-state index in [-0.39, 0.29) is 17.2 Å². The molecule has 5 nitrogen and oxygen atoms in total. The van der Waals surface area contributed by atoms with Crippen LogP contribution in [0.4, 0.5) is 0 Å². The Kier molecular flexibility index (Phi) is 7.45. The van der Waals surface area contributed by atoms with Crippen LogP contribution in [0, 0.1) is 35.0 Å². The average Bonchev–Trinajstić information content (AvgIpc) is 3.48. The minimum Gasteiger partial charge on any atom is -0.307 e. The lowest BCUT2D eigenvalue weighted by Gasteiger charge is -2.35. The topological polar surface area (TPSA) is 87.0 Å². The molecule has 0 aromatic rings. The minimum absolute atomic E-state index is 0.0555. The van der Waals surface area contributed by atoms with Crippen LogP contribution in [0.1, 0.15) is 71.1 Å². The third-order valence-electron chi connectivity index (χ3n) is 6.45. The molecule has 0 aromatic carbocycles. The maximum Gasteiger partial charge on any atom is 0.214 e. The van der Waals surface area contributed by atoms with E-state index < -0.39 is 10.0 Å². The van der Waals surface area contributed by atoms with Crippen molar-refractivity contribution in [3.63, 3.8) is 0 Å². The lowest BCUT2D eigenvalue weighted by molar-refractivity contribution is -0.0979. The third-order valence-corrected chi connectivity index (χ3v) is 8.46. The Labute approximate surface area is 152 Å². The predicted octanol–water partition coefficient (Wildman–Crippen LogP) is 3.41. The number of rotatable bonds is 5. The molecule has 0 amide bonds. The summed E-state index contributed by atoms with van der Waals surface area (Å²) in [7, 11) is -3.23. The van der Waals surface area contributed by atoms with Crippen LogP contribution in [0.5, 0.6) is 0 Å². The van der Waals surface area contributed by atoms with Crippen LogP contribution in [-0.4, -0.2) is 26.5 Å². The third kappa shape index (κ3) is 5.52. The lowest BCUT2D eigenvalue weighted by Crippen LogP contribution is -2.44. The van der Waals surface area contributed by atoms with E-state index in [0.717, 1.165) is 43.9 Å². The van der Waals surface area contributed by atoms with Gasteiger partial charge in [0, 0.05) is 12.0 Å². The molecule has 25 heavy (non-hydrogen) atoms. The molecule has 0 aliphatic heterocycles. The zero-order valence-corrected chi connectivity index (χ0v) is 16.1. The molecule has 3 rings (SSSR count). The van der Waals surface area contributed by atoms with Crippen molar-refractivity contribution in [2.45, 2.75) is 82.4 Å². The number of hydrogen-bond acceptors (Lipinski definition) is 4. The number of carbonyl (C=O) groups is 1. The van der Waals surface area contributed by atoms with E-state index >= 15 is 0 Å². The molecular weight excluding hydrogens is 336 g/mol. The van der Waals surface area contributed by atoms with Gasteiger partial charge in [-0.1, -0.05) is 19.8 Å². The number of hydrogen-bond donors (Lipinski definition) is 1. The normalized spacial score (nSPS) is 34.2. The number of nitriles is 1. The van der Waals surface area contributed by atoms with E-state index in [0.29, 0.717) is 18.8 Å². The molecule has 3 aliphatic carbocycles. The zero-order valence-electron chi connectivity index (χ0n) is 15.3. The number of nitrogens with zero attached hydrogens (tertiary/aromatic N) is 1. The monoisotopic (exact) mass is 368 g/mol. The second-order valence-electron chi connectivity index (χ2n) is 8.09. The van der Waals surface area contributed by atoms with Gasteiger partial charge >= 0.3 is 0 Å². The Morgan fingerprint density at radius 3 is 2.20 bits per heavy atom. The van der Waals surface area contributed by atoms with Crippen molar-refractivity contribution in [3.8, 4) is 6.07 Å². The van der Waals surface area contributed by atoms with Crippen LogP contribution in [0.3, 0.4) is 0 Å². The molecule has 0 bridgehead atoms. The molecule has 6 heteroatoms. The highest BCUT2D eigenvalue weighted by Crippen LogP contribution is 2.44. The van der Waals surface area contributed by atoms with Crippen LogP contribution < -0.4 is 4.72 Å². The van der Waals surface area contributed by atoms with Crippen LogP contribution in [0.2, 0.25) is 0 Å². The predicted molar refractivity (Wildman–Crippen MR) is 98.2 cm³/mol. The summed E-state index contributed by atoms with van der Waals surface area (Å²) in [5.41, 5.74) is 0. The molecule has 0 spiro atoms. The van der Waals surface area contributed by atoms with Crippen molar-refractivity contribution >= 4 is 16.8 Å². The lowest BCUT2D eigenvalue weighted by atomic mass is 9.77. The second kappa shape index (κ2) is 9.14. The number of sulfonamides is 1. The minimum atomic E-state index is -3.23. The molecule has 0 radical (unpaired) electrons. The highest BCUT2D eigenvalue weighted by atomic mass is 32.2. The van der Waals surface area contributed by atoms with Crippen molar-refractivity contribution in [2.75, 3.05) is 0 Å². The SMILES string of the molecule is C=O.CC(C1CC1)C1CCCC(NS(=O)(=O)C2CCC(C#N)CC2)C1. The van der Waals surface area contributed by atoms with E-state index in [1.165, 1.54) is 19.3 Å². The quantitative estimate of drug-likeness (QED) is 0.805. The molecule has 0 heterocycles. The first-order valence-corrected chi connectivity index (χ1v) is 11.2. The van der Waals surface area contributed by atoms with Crippen molar-refractivity contribution in [1.29, 1.82) is 5.26 Å². The molecule has 0 saturated heterocycles. The second-order valence-corrected chi connectivity index (χ2v) is 10.1. The van der Waals surface area contributed by atoms with Crippen molar-refractivity contribution < 1.29 is 13.2 Å². The van der Waals surface area contributed by atoms with Crippen molar-refractivity contribution in [1.82, 2.24) is 4.72 Å². The molecule has 3 unspecified atom stereocenters. The van der Waals surface area contributed by atoms with Crippen LogP contribution >= 0.6 is 0 Å². The molecular formula is C19H32N2O3S. The van der Waals surface area contributed by atoms with Gasteiger partial charge in [0.1, 0.15) is 6.79 Å². The van der Waals surface area contributed by atoms with Gasteiger partial charge in [0.2, 0.25) is 10.0 Å². The Bertz CT molecular complexity index is 560. The van der Waals surface area contributed by atoms with Gasteiger partial charge in [0.15, 0.2) is 0 Å². The standard InChI is InChI=1S/C18H30N2O2S.CH2O/c1-13(15-7-8-15)16-3-2-4-17(11-16)20-23(21,22)18-9-5-14(12-19)6-10-18;1-2/h13-18,20H,2-11H2,1H3;1H2. The van der Waals surface area contributed by atoms with E-state index in [9.17, 15) is 8.42 Å². The molecule has 1 N–H and O–H groups in total. The van der Waals surface area contributed by atoms with Gasteiger partial charge in [-0.25, -0.2) is 13.1 Å². The zero-order chi connectivity index (χ0) is 18.4. The van der Waals surface area contributed by atoms with Crippen molar-refractivity contribution in [3.05, 3.63) is 0 Å². The molecule has 3 fully saturated rings. The van der Waals surface area contributed by atoms with Gasteiger partial charge in [0.25, 0.3) is 0 Å². The number of carbonyl (C=O) groups excluding carboxylic acids is 1. The maximum atomic E-state index is 12.7. The van der Waals surface area contributed by atoms with E-state index in [4.69, 9.17) is 10.1 Å². The summed E-state index contributed by atoms with van der Waals surface area (Å²) in [4.78, 5) is 8.00. The van der Waals surface area contributed by atoms with Gasteiger partial charge in [-0.05, 0) is 69.1 Å². The van der Waals surface area contributed by atoms with E-state index in [1.54, 1.807) is 0 Å². The number of nitrogens with one attached hydrogen (secondary N) is 1. The highest BCUT2D eigenvalue weighted by molar-refractivity contribution is 7.90. The van der Waals surface area contributed by atoms with Gasteiger partial charge in [-0.15, -0.1) is 0 Å². The first kappa shape index (κ1) is 20.4. The van der Waals surface area contributed by atoms with Crippen LogP contribution in [0.25, 0.3) is 0 Å². The molecule has 3 saturated carbocycles. The summed E-state index contributed by atoms with van der Waals surface area (Å²) in [5.74, 6) is 2.41. The summed E-state index contributed by atoms with van der Waals surface area (Å²) in [6.07, 6.45) is 9.91. The Balaban J connectivity index is 0.00000109. The Morgan fingerprint density at radius 1 is 1.00 bits per heavy atom. The van der Waals surface area contributed by atoms with Crippen molar-refractivity contribution in [2.24, 2.45) is 23.7 Å². The Morgan fingerprint density at radius 2 is 1.64 bits per heavy atom. The highest BCUT2D eigenvalue weighted by Gasteiger charge is 2.38. The van der Waals surface area contributed by atoms with Gasteiger partial charge in [-0.2, -0.15) is 5.26 Å². The largest absolute Gasteiger partial charge is 0.307 e. The van der Waals surface area contributed by atoms with E-state index in [1.807, 2.05) is 6.79 Å². The first-order valence-electron chi connectivity index (χ1n) is 9.69. The molecule has 3 aliphatic rings. The van der Waals surface area contributed by atoms with Gasteiger partial charge in [-0.3, -0.25) is 0 Å². The first-order chi connectivity index (χ1) is 12.0. The van der Waals surface area contributed by atoms with Crippen LogP contribution in [-0.2, 0) is 14.8 Å². The summed E-state index contributed by atoms with van der Waals surface area (Å²) >= 11 is 0. The fraction of sp³-hybridized carbons (Fsp3) is 0.895. The summed E-state index contributed by atoms with van der Waals surface area (Å²) in [6, 6.07) is 2.41. The summed E-state index contributed by atoms with van der Waals surface area (Å²) in [5, 5.41) is 8.67. The smallest absolute Gasteiger partial charge is 0.214 e. The maximum absolute atomic E-state index is 12.7. The molecule has 142 valence electrons. The fourth-order valence-electron chi connectivity index (χ4n) is 4.65. The van der Waals surface area contributed by atoms with Crippen LogP contribution in [0.15, 0.2) is 0 Å². The molecule has 0 aromatic heterocycles. The average molecular weight is 369 g/mol. The van der Waals surface area contributed by atoms with E-state index in [2.05, 4.69) is 17.7 Å². The molecule has 3 atom stereocenters.